The molecule has 15 heavy (non-hydrogen) atoms. The molecule has 0 saturated carbocycles. The highest BCUT2D eigenvalue weighted by molar-refractivity contribution is 7.80. The number of hydrazine groups is 1. The molecular formula is C6H7N5O2S2. The number of nitrogens with two attached hydrogens (primary N) is 1. The maximum Gasteiger partial charge on any atom is 0.324 e. The molecule has 0 aliphatic heterocycles. The number of hydrazone groups is 1. The van der Waals surface area contributed by atoms with Crippen molar-refractivity contribution in [1.29, 1.82) is 0 Å². The Morgan fingerprint density at radius 3 is 3.00 bits per heavy atom. The maximum atomic E-state index is 10.4. The van der Waals surface area contributed by atoms with Gasteiger partial charge in [0, 0.05) is 6.07 Å². The Balaban J connectivity index is 2.57. The molecule has 0 aliphatic carbocycles. The van der Waals surface area contributed by atoms with Crippen LogP contribution in [0.5, 0.6) is 0 Å². The number of nitro groups is 1. The van der Waals surface area contributed by atoms with Crippen molar-refractivity contribution in [1.82, 2.24) is 10.9 Å². The minimum absolute atomic E-state index is 0.0657. The summed E-state index contributed by atoms with van der Waals surface area (Å²) in [5.41, 5.74) is 4.60. The van der Waals surface area contributed by atoms with Crippen LogP contribution >= 0.6 is 23.6 Å². The minimum Gasteiger partial charge on any atom is -0.300 e. The van der Waals surface area contributed by atoms with E-state index in [0.717, 1.165) is 11.3 Å². The van der Waals surface area contributed by atoms with Crippen LogP contribution in [-0.4, -0.2) is 16.3 Å². The Bertz CT molecular complexity index is 402. The zero-order valence-electron chi connectivity index (χ0n) is 7.34. The average Bonchev–Trinajstić information content (AvgIpc) is 2.66. The minimum atomic E-state index is -0.457. The predicted octanol–water partition coefficient (Wildman–Crippen LogP) is 0.328. The first-order valence-corrected chi connectivity index (χ1v) is 4.90. The van der Waals surface area contributed by atoms with Crippen LogP contribution in [0.2, 0.25) is 0 Å². The fraction of sp³-hybridized carbons (Fsp3) is 0. The van der Waals surface area contributed by atoms with Crippen molar-refractivity contribution in [3.63, 3.8) is 0 Å². The summed E-state index contributed by atoms with van der Waals surface area (Å²) >= 11 is 5.67. The number of thiocarbonyl (C=S) groups is 1. The van der Waals surface area contributed by atoms with E-state index in [0.29, 0.717) is 4.88 Å². The van der Waals surface area contributed by atoms with Gasteiger partial charge < -0.3 is 0 Å². The first-order chi connectivity index (χ1) is 7.13. The zero-order chi connectivity index (χ0) is 11.3. The molecule has 1 aromatic rings. The summed E-state index contributed by atoms with van der Waals surface area (Å²) in [5.74, 6) is 4.98. The summed E-state index contributed by atoms with van der Waals surface area (Å²) in [5, 5.41) is 14.3. The Morgan fingerprint density at radius 1 is 1.73 bits per heavy atom. The van der Waals surface area contributed by atoms with E-state index in [9.17, 15) is 10.1 Å². The van der Waals surface area contributed by atoms with Crippen LogP contribution in [0.25, 0.3) is 0 Å². The summed E-state index contributed by atoms with van der Waals surface area (Å²) in [6, 6.07) is 3.00. The molecule has 0 unspecified atom stereocenters. The summed E-state index contributed by atoms with van der Waals surface area (Å²) in [6.07, 6.45) is 1.42. The van der Waals surface area contributed by atoms with Crippen LogP contribution < -0.4 is 16.7 Å². The van der Waals surface area contributed by atoms with Crippen LogP contribution in [0.4, 0.5) is 5.00 Å². The van der Waals surface area contributed by atoms with Crippen molar-refractivity contribution in [2.24, 2.45) is 10.9 Å². The van der Waals surface area contributed by atoms with E-state index in [1.165, 1.54) is 12.3 Å². The summed E-state index contributed by atoms with van der Waals surface area (Å²) in [6.45, 7) is 0. The van der Waals surface area contributed by atoms with E-state index in [-0.39, 0.29) is 10.1 Å². The van der Waals surface area contributed by atoms with E-state index in [2.05, 4.69) is 28.2 Å². The van der Waals surface area contributed by atoms with E-state index in [1.54, 1.807) is 6.07 Å². The van der Waals surface area contributed by atoms with Crippen molar-refractivity contribution in [2.45, 2.75) is 0 Å². The predicted molar refractivity (Wildman–Crippen MR) is 61.6 cm³/mol. The Kier molecular flexibility index (Phi) is 4.09. The molecule has 1 heterocycles. The maximum absolute atomic E-state index is 10.4. The van der Waals surface area contributed by atoms with Crippen LogP contribution in [-0.2, 0) is 0 Å². The Morgan fingerprint density at radius 2 is 2.47 bits per heavy atom. The third kappa shape index (κ3) is 3.58. The van der Waals surface area contributed by atoms with Gasteiger partial charge in [0.05, 0.1) is 16.0 Å². The summed E-state index contributed by atoms with van der Waals surface area (Å²) in [4.78, 5) is 10.5. The third-order valence-electron chi connectivity index (χ3n) is 1.28. The van der Waals surface area contributed by atoms with Gasteiger partial charge in [0.25, 0.3) is 0 Å². The van der Waals surface area contributed by atoms with E-state index < -0.39 is 4.92 Å². The molecule has 0 saturated heterocycles. The molecule has 9 heteroatoms. The standard InChI is InChI=1S/C6H7N5O2S2/c7-9-6(14)10-8-3-4-1-2-5(15-4)11(12)13/h1-3H,7H2,(H2,9,10,14)/b8-3+. The second-order valence-electron chi connectivity index (χ2n) is 2.28. The van der Waals surface area contributed by atoms with Crippen molar-refractivity contribution >= 4 is 39.9 Å². The summed E-state index contributed by atoms with van der Waals surface area (Å²) < 4.78 is 0. The molecule has 4 N–H and O–H groups in total. The van der Waals surface area contributed by atoms with Gasteiger partial charge in [-0.3, -0.25) is 21.0 Å². The molecule has 0 aromatic carbocycles. The van der Waals surface area contributed by atoms with Crippen LogP contribution in [0, 0.1) is 10.1 Å². The van der Waals surface area contributed by atoms with Crippen molar-refractivity contribution < 1.29 is 4.92 Å². The smallest absolute Gasteiger partial charge is 0.300 e. The second kappa shape index (κ2) is 5.34. The van der Waals surface area contributed by atoms with Gasteiger partial charge in [-0.15, -0.1) is 0 Å². The van der Waals surface area contributed by atoms with E-state index >= 15 is 0 Å². The van der Waals surface area contributed by atoms with Gasteiger partial charge in [-0.05, 0) is 18.3 Å². The fourth-order valence-corrected chi connectivity index (χ4v) is 1.44. The highest BCUT2D eigenvalue weighted by Crippen LogP contribution is 2.22. The number of rotatable bonds is 3. The first-order valence-electron chi connectivity index (χ1n) is 3.67. The quantitative estimate of drug-likeness (QED) is 0.233. The molecule has 1 aromatic heterocycles. The van der Waals surface area contributed by atoms with Crippen LogP contribution in [0.1, 0.15) is 4.88 Å². The average molecular weight is 245 g/mol. The second-order valence-corrected chi connectivity index (χ2v) is 3.78. The topological polar surface area (TPSA) is 106 Å². The molecule has 1 rings (SSSR count). The van der Waals surface area contributed by atoms with E-state index in [1.807, 2.05) is 0 Å². The number of thiophene rings is 1. The van der Waals surface area contributed by atoms with Crippen LogP contribution in [0.3, 0.4) is 0 Å². The lowest BCUT2D eigenvalue weighted by Gasteiger charge is -1.97. The lowest BCUT2D eigenvalue weighted by Crippen LogP contribution is -2.37. The highest BCUT2D eigenvalue weighted by atomic mass is 32.1. The molecule has 0 amide bonds. The molecule has 0 bridgehead atoms. The molecule has 0 fully saturated rings. The lowest BCUT2D eigenvalue weighted by atomic mass is 10.5. The molecule has 7 nitrogen and oxygen atoms in total. The molecule has 0 radical (unpaired) electrons. The monoisotopic (exact) mass is 245 g/mol. The zero-order valence-corrected chi connectivity index (χ0v) is 8.97. The SMILES string of the molecule is NNC(=S)N/N=C/c1ccc([N+](=O)[O-])s1. The third-order valence-corrected chi connectivity index (χ3v) is 2.46. The Hall–Kier alpha value is -1.58. The highest BCUT2D eigenvalue weighted by Gasteiger charge is 2.07. The molecule has 0 aliphatic rings. The van der Waals surface area contributed by atoms with Crippen LogP contribution in [0.15, 0.2) is 17.2 Å². The Labute approximate surface area is 94.1 Å². The van der Waals surface area contributed by atoms with Gasteiger partial charge in [0.1, 0.15) is 0 Å². The van der Waals surface area contributed by atoms with Crippen molar-refractivity contribution in [3.05, 3.63) is 27.1 Å². The van der Waals surface area contributed by atoms with Gasteiger partial charge in [0.2, 0.25) is 5.11 Å². The van der Waals surface area contributed by atoms with Gasteiger partial charge >= 0.3 is 5.00 Å². The molecule has 0 spiro atoms. The van der Waals surface area contributed by atoms with E-state index in [4.69, 9.17) is 5.84 Å². The van der Waals surface area contributed by atoms with Crippen molar-refractivity contribution in [3.8, 4) is 0 Å². The number of nitrogens with one attached hydrogen (secondary N) is 2. The van der Waals surface area contributed by atoms with Gasteiger partial charge in [0.15, 0.2) is 0 Å². The molecule has 80 valence electrons. The fourth-order valence-electron chi connectivity index (χ4n) is 0.697. The molecule has 0 atom stereocenters. The lowest BCUT2D eigenvalue weighted by molar-refractivity contribution is -0.380. The molecular weight excluding hydrogens is 238 g/mol. The largest absolute Gasteiger partial charge is 0.324 e. The summed E-state index contributed by atoms with van der Waals surface area (Å²) in [7, 11) is 0. The number of hydrogen-bond donors (Lipinski definition) is 3. The van der Waals surface area contributed by atoms with Gasteiger partial charge in [-0.25, -0.2) is 5.84 Å². The van der Waals surface area contributed by atoms with Crippen molar-refractivity contribution in [2.75, 3.05) is 0 Å². The normalized spacial score (nSPS) is 10.2. The van der Waals surface area contributed by atoms with Gasteiger partial charge in [-0.1, -0.05) is 11.3 Å². The number of nitrogens with zero attached hydrogens (tertiary/aromatic N) is 2. The van der Waals surface area contributed by atoms with Gasteiger partial charge in [-0.2, -0.15) is 5.10 Å². The first kappa shape index (κ1) is 11.5. The number of hydrogen-bond acceptors (Lipinski definition) is 6.